The molecule has 180 valence electrons. The zero-order chi connectivity index (χ0) is 25.3. The summed E-state index contributed by atoms with van der Waals surface area (Å²) >= 11 is 6.31. The summed E-state index contributed by atoms with van der Waals surface area (Å²) in [5.41, 5.74) is 3.73. The van der Waals surface area contributed by atoms with Gasteiger partial charge in [-0.1, -0.05) is 35.4 Å². The minimum absolute atomic E-state index is 0.0500. The Balaban J connectivity index is 1.91. The number of aliphatic hydroxyl groups is 1. The lowest BCUT2D eigenvalue weighted by atomic mass is 9.95. The zero-order valence-corrected chi connectivity index (χ0v) is 20.6. The van der Waals surface area contributed by atoms with Crippen LogP contribution in [-0.4, -0.2) is 40.9 Å². The highest BCUT2D eigenvalue weighted by atomic mass is 35.5. The van der Waals surface area contributed by atoms with Gasteiger partial charge in [-0.05, 0) is 48.7 Å². The average Bonchev–Trinajstić information content (AvgIpc) is 3.11. The Bertz CT molecular complexity index is 1340. The normalized spacial score (nSPS) is 17.1. The molecule has 8 heteroatoms. The van der Waals surface area contributed by atoms with Gasteiger partial charge >= 0.3 is 0 Å². The van der Waals surface area contributed by atoms with E-state index in [9.17, 15) is 14.7 Å². The maximum absolute atomic E-state index is 13.3. The number of amides is 1. The highest BCUT2D eigenvalue weighted by Crippen LogP contribution is 2.43. The molecule has 1 aliphatic rings. The number of hydrogen-bond donors (Lipinski definition) is 1. The van der Waals surface area contributed by atoms with Gasteiger partial charge in [0.2, 0.25) is 0 Å². The first-order valence-corrected chi connectivity index (χ1v) is 11.3. The molecule has 0 saturated carbocycles. The highest BCUT2D eigenvalue weighted by molar-refractivity contribution is 6.46. The number of aromatic nitrogens is 1. The molecular weight excluding hydrogens is 468 g/mol. The predicted molar refractivity (Wildman–Crippen MR) is 133 cm³/mol. The third-order valence-electron chi connectivity index (χ3n) is 6.14. The molecule has 35 heavy (non-hydrogen) atoms. The summed E-state index contributed by atoms with van der Waals surface area (Å²) in [5, 5.41) is 11.6. The summed E-state index contributed by atoms with van der Waals surface area (Å²) in [5.74, 6) is -1.27. The van der Waals surface area contributed by atoms with E-state index in [-0.39, 0.29) is 34.2 Å². The smallest absolute Gasteiger partial charge is 0.295 e. The first-order chi connectivity index (χ1) is 16.8. The summed E-state index contributed by atoms with van der Waals surface area (Å²) in [4.78, 5) is 32.2. The van der Waals surface area contributed by atoms with Gasteiger partial charge in [-0.3, -0.25) is 14.6 Å². The van der Waals surface area contributed by atoms with Crippen LogP contribution in [0.25, 0.3) is 5.76 Å². The first-order valence-electron chi connectivity index (χ1n) is 10.9. The molecule has 4 rings (SSSR count). The monoisotopic (exact) mass is 492 g/mol. The highest BCUT2D eigenvalue weighted by Gasteiger charge is 2.46. The number of carbonyl (C=O) groups excluding carboxylic acids is 2. The molecule has 3 aromatic rings. The van der Waals surface area contributed by atoms with Crippen molar-refractivity contribution in [2.24, 2.45) is 0 Å². The van der Waals surface area contributed by atoms with E-state index in [4.69, 9.17) is 21.1 Å². The molecule has 0 spiro atoms. The van der Waals surface area contributed by atoms with Crippen LogP contribution in [0.5, 0.6) is 11.5 Å². The molecule has 0 bridgehead atoms. The number of ketones is 1. The lowest BCUT2D eigenvalue weighted by molar-refractivity contribution is -0.140. The van der Waals surface area contributed by atoms with Gasteiger partial charge in [0.15, 0.2) is 0 Å². The standard InChI is InChI=1S/C27H25ClN2O5/c1-15-5-6-16(2)18(11-15)14-30-24(17-7-9-29-10-8-17)23(26(32)27(30)33)25(31)19-12-20(28)22(35-4)13-21(19)34-3/h5-13,24,31H,14H2,1-4H3/b25-23+. The van der Waals surface area contributed by atoms with Crippen LogP contribution in [0.1, 0.15) is 33.9 Å². The molecule has 1 atom stereocenters. The fraction of sp³-hybridized carbons (Fsp3) is 0.222. The van der Waals surface area contributed by atoms with Crippen LogP contribution in [0.2, 0.25) is 5.02 Å². The maximum atomic E-state index is 13.3. The van der Waals surface area contributed by atoms with Gasteiger partial charge in [-0.25, -0.2) is 0 Å². The molecule has 7 nitrogen and oxygen atoms in total. The van der Waals surface area contributed by atoms with E-state index < -0.39 is 17.7 Å². The molecule has 0 aliphatic carbocycles. The van der Waals surface area contributed by atoms with Crippen molar-refractivity contribution in [3.05, 3.63) is 93.3 Å². The predicted octanol–water partition coefficient (Wildman–Crippen LogP) is 4.99. The number of likely N-dealkylation sites (tertiary alicyclic amines) is 1. The number of hydrogen-bond acceptors (Lipinski definition) is 6. The molecule has 2 heterocycles. The zero-order valence-electron chi connectivity index (χ0n) is 19.8. The van der Waals surface area contributed by atoms with Gasteiger partial charge in [-0.15, -0.1) is 0 Å². The van der Waals surface area contributed by atoms with Crippen molar-refractivity contribution in [3.63, 3.8) is 0 Å². The number of benzene rings is 2. The van der Waals surface area contributed by atoms with Crippen molar-refractivity contribution < 1.29 is 24.2 Å². The third-order valence-corrected chi connectivity index (χ3v) is 6.43. The van der Waals surface area contributed by atoms with Crippen molar-refractivity contribution in [1.29, 1.82) is 0 Å². The maximum Gasteiger partial charge on any atom is 0.295 e. The number of carbonyl (C=O) groups is 2. The average molecular weight is 493 g/mol. The second kappa shape index (κ2) is 9.80. The number of aliphatic hydroxyl groups excluding tert-OH is 1. The number of aryl methyl sites for hydroxylation is 2. The molecule has 2 aromatic carbocycles. The quantitative estimate of drug-likeness (QED) is 0.296. The van der Waals surface area contributed by atoms with Crippen molar-refractivity contribution in [2.75, 3.05) is 14.2 Å². The Morgan fingerprint density at radius 3 is 2.37 bits per heavy atom. The minimum atomic E-state index is -0.830. The van der Waals surface area contributed by atoms with E-state index in [1.807, 2.05) is 32.0 Å². The van der Waals surface area contributed by atoms with Crippen LogP contribution in [0.15, 0.2) is 60.4 Å². The van der Waals surface area contributed by atoms with E-state index in [2.05, 4.69) is 4.98 Å². The topological polar surface area (TPSA) is 89.0 Å². The van der Waals surface area contributed by atoms with Gasteiger partial charge in [0.1, 0.15) is 17.3 Å². The van der Waals surface area contributed by atoms with E-state index in [0.29, 0.717) is 11.3 Å². The number of methoxy groups -OCH3 is 2. The van der Waals surface area contributed by atoms with E-state index >= 15 is 0 Å². The summed E-state index contributed by atoms with van der Waals surface area (Å²) < 4.78 is 10.7. The van der Waals surface area contributed by atoms with Crippen LogP contribution in [0.3, 0.4) is 0 Å². The van der Waals surface area contributed by atoms with Gasteiger partial charge in [0.25, 0.3) is 11.7 Å². The molecule has 1 amide bonds. The fourth-order valence-corrected chi connectivity index (χ4v) is 4.52. The Hall–Kier alpha value is -3.84. The largest absolute Gasteiger partial charge is 0.507 e. The van der Waals surface area contributed by atoms with Gasteiger partial charge in [0, 0.05) is 25.0 Å². The number of halogens is 1. The lowest BCUT2D eigenvalue weighted by Crippen LogP contribution is -2.29. The molecule has 1 aromatic heterocycles. The van der Waals surface area contributed by atoms with Crippen molar-refractivity contribution in [1.82, 2.24) is 9.88 Å². The Labute approximate surface area is 208 Å². The summed E-state index contributed by atoms with van der Waals surface area (Å²) in [6, 6.07) is 11.5. The van der Waals surface area contributed by atoms with E-state index in [1.54, 1.807) is 24.5 Å². The van der Waals surface area contributed by atoms with Crippen molar-refractivity contribution >= 4 is 29.1 Å². The molecule has 0 radical (unpaired) electrons. The van der Waals surface area contributed by atoms with Crippen LogP contribution in [-0.2, 0) is 16.1 Å². The molecule has 1 fully saturated rings. The van der Waals surface area contributed by atoms with Crippen LogP contribution in [0, 0.1) is 13.8 Å². The van der Waals surface area contributed by atoms with Crippen LogP contribution < -0.4 is 9.47 Å². The Morgan fingerprint density at radius 1 is 1.03 bits per heavy atom. The summed E-state index contributed by atoms with van der Waals surface area (Å²) in [6.07, 6.45) is 3.16. The number of ether oxygens (including phenoxy) is 2. The second-order valence-corrected chi connectivity index (χ2v) is 8.73. The Kier molecular flexibility index (Phi) is 6.80. The number of rotatable bonds is 6. The summed E-state index contributed by atoms with van der Waals surface area (Å²) in [7, 11) is 2.89. The fourth-order valence-electron chi connectivity index (χ4n) is 4.28. The SMILES string of the molecule is COc1cc(OC)c(/C(O)=C2\C(=O)C(=O)N(Cc3cc(C)ccc3C)C2c2ccncc2)cc1Cl. The number of nitrogens with zero attached hydrogens (tertiary/aromatic N) is 2. The number of Topliss-reactive ketones (excluding diaryl/α,β-unsaturated/α-hetero) is 1. The third kappa shape index (κ3) is 4.47. The van der Waals surface area contributed by atoms with Gasteiger partial charge < -0.3 is 19.5 Å². The van der Waals surface area contributed by atoms with Crippen molar-refractivity contribution in [2.45, 2.75) is 26.4 Å². The van der Waals surface area contributed by atoms with E-state index in [1.165, 1.54) is 31.3 Å². The second-order valence-electron chi connectivity index (χ2n) is 8.32. The van der Waals surface area contributed by atoms with E-state index in [0.717, 1.165) is 16.7 Å². The van der Waals surface area contributed by atoms with Crippen molar-refractivity contribution in [3.8, 4) is 11.5 Å². The molecular formula is C27H25ClN2O5. The van der Waals surface area contributed by atoms with Gasteiger partial charge in [-0.2, -0.15) is 0 Å². The molecule has 1 saturated heterocycles. The first kappa shape index (κ1) is 24.3. The molecule has 1 aliphatic heterocycles. The Morgan fingerprint density at radius 2 is 1.71 bits per heavy atom. The minimum Gasteiger partial charge on any atom is -0.507 e. The van der Waals surface area contributed by atoms with Crippen LogP contribution >= 0.6 is 11.6 Å². The summed E-state index contributed by atoms with van der Waals surface area (Å²) in [6.45, 7) is 4.12. The van der Waals surface area contributed by atoms with Crippen LogP contribution in [0.4, 0.5) is 0 Å². The molecule has 1 N–H and O–H groups in total. The lowest BCUT2D eigenvalue weighted by Gasteiger charge is -2.26. The number of pyridine rings is 1. The van der Waals surface area contributed by atoms with Gasteiger partial charge in [0.05, 0.1) is 36.4 Å². The molecule has 1 unspecified atom stereocenters.